The van der Waals surface area contributed by atoms with Gasteiger partial charge in [-0.1, -0.05) is 23.7 Å². The Morgan fingerprint density at radius 2 is 2.05 bits per heavy atom. The van der Waals surface area contributed by atoms with Crippen LogP contribution in [0.15, 0.2) is 41.6 Å². The molecule has 1 aromatic heterocycles. The van der Waals surface area contributed by atoms with Gasteiger partial charge in [0.05, 0.1) is 18.2 Å². The average Bonchev–Trinajstić information content (AvgIpc) is 2.50. The lowest BCUT2D eigenvalue weighted by Crippen LogP contribution is -2.21. The number of nitrogens with one attached hydrogen (secondary N) is 1. The van der Waals surface area contributed by atoms with Crippen LogP contribution in [0, 0.1) is 0 Å². The molecule has 0 aliphatic rings. The van der Waals surface area contributed by atoms with Gasteiger partial charge in [0.25, 0.3) is 0 Å². The quantitative estimate of drug-likeness (QED) is 0.830. The summed E-state index contributed by atoms with van der Waals surface area (Å²) in [4.78, 5) is 9.59. The molecule has 0 radical (unpaired) electrons. The van der Waals surface area contributed by atoms with Crippen LogP contribution in [0.3, 0.4) is 0 Å². The van der Waals surface area contributed by atoms with Gasteiger partial charge >= 0.3 is 0 Å². The first-order valence-electron chi connectivity index (χ1n) is 6.15. The highest BCUT2D eigenvalue weighted by molar-refractivity contribution is 7.99. The van der Waals surface area contributed by atoms with E-state index in [1.54, 1.807) is 31.3 Å². The molecule has 1 N–H and O–H groups in total. The van der Waals surface area contributed by atoms with Crippen LogP contribution >= 0.6 is 23.4 Å². The average molecular weight is 310 g/mol. The monoisotopic (exact) mass is 309 g/mol. The van der Waals surface area contributed by atoms with Crippen molar-refractivity contribution < 1.29 is 4.74 Å². The number of benzene rings is 1. The third-order valence-electron chi connectivity index (χ3n) is 2.81. The molecule has 0 saturated heterocycles. The van der Waals surface area contributed by atoms with Crippen molar-refractivity contribution in [2.75, 3.05) is 19.9 Å². The third kappa shape index (κ3) is 3.62. The van der Waals surface area contributed by atoms with Gasteiger partial charge in [0, 0.05) is 23.0 Å². The van der Waals surface area contributed by atoms with Crippen LogP contribution in [0.5, 0.6) is 5.88 Å². The second-order valence-corrected chi connectivity index (χ2v) is 5.50. The molecule has 0 aliphatic carbocycles. The summed E-state index contributed by atoms with van der Waals surface area (Å²) in [5, 5.41) is 4.00. The van der Waals surface area contributed by atoms with Crippen molar-refractivity contribution in [3.8, 4) is 5.88 Å². The molecule has 1 heterocycles. The Hall–Kier alpha value is -1.30. The van der Waals surface area contributed by atoms with Gasteiger partial charge in [-0.25, -0.2) is 4.98 Å². The van der Waals surface area contributed by atoms with E-state index in [-0.39, 0.29) is 6.04 Å². The maximum atomic E-state index is 6.16. The predicted octanol–water partition coefficient (Wildman–Crippen LogP) is 3.19. The van der Waals surface area contributed by atoms with E-state index in [2.05, 4.69) is 15.3 Å². The van der Waals surface area contributed by atoms with Gasteiger partial charge in [-0.2, -0.15) is 0 Å². The van der Waals surface area contributed by atoms with Gasteiger partial charge in [0.2, 0.25) is 5.88 Å². The lowest BCUT2D eigenvalue weighted by Gasteiger charge is -2.17. The number of halogens is 1. The Labute approximate surface area is 127 Å². The first-order valence-corrected chi connectivity index (χ1v) is 7.52. The van der Waals surface area contributed by atoms with Crippen molar-refractivity contribution >= 4 is 23.4 Å². The van der Waals surface area contributed by atoms with Crippen LogP contribution in [-0.2, 0) is 0 Å². The molecule has 1 aromatic carbocycles. The van der Waals surface area contributed by atoms with Crippen LogP contribution in [0.4, 0.5) is 0 Å². The summed E-state index contributed by atoms with van der Waals surface area (Å²) >= 11 is 7.84. The first kappa shape index (κ1) is 15.1. The molecule has 0 aliphatic heterocycles. The number of thioether (sulfide) groups is 1. The number of hydrogen-bond donors (Lipinski definition) is 1. The summed E-state index contributed by atoms with van der Waals surface area (Å²) in [6.45, 7) is 0. The van der Waals surface area contributed by atoms with E-state index < -0.39 is 0 Å². The smallest absolute Gasteiger partial charge is 0.237 e. The number of nitrogens with zero attached hydrogens (tertiary/aromatic N) is 2. The van der Waals surface area contributed by atoms with Gasteiger partial charge in [-0.15, -0.1) is 11.8 Å². The predicted molar refractivity (Wildman–Crippen MR) is 82.6 cm³/mol. The largest absolute Gasteiger partial charge is 0.480 e. The zero-order valence-corrected chi connectivity index (χ0v) is 12.9. The topological polar surface area (TPSA) is 47.0 Å². The molecule has 6 heteroatoms. The molecule has 1 unspecified atom stereocenters. The second kappa shape index (κ2) is 7.47. The van der Waals surface area contributed by atoms with Crippen LogP contribution in [0.2, 0.25) is 5.02 Å². The van der Waals surface area contributed by atoms with Crippen LogP contribution in [0.1, 0.15) is 11.7 Å². The molecule has 0 amide bonds. The fourth-order valence-corrected chi connectivity index (χ4v) is 3.12. The van der Waals surface area contributed by atoms with E-state index in [9.17, 15) is 0 Å². The minimum Gasteiger partial charge on any atom is -0.480 e. The van der Waals surface area contributed by atoms with Crippen molar-refractivity contribution in [3.63, 3.8) is 0 Å². The zero-order chi connectivity index (χ0) is 14.4. The molecule has 2 aromatic rings. The maximum absolute atomic E-state index is 6.16. The van der Waals surface area contributed by atoms with Crippen LogP contribution in [0.25, 0.3) is 0 Å². The van der Waals surface area contributed by atoms with E-state index in [1.165, 1.54) is 0 Å². The van der Waals surface area contributed by atoms with Crippen molar-refractivity contribution in [3.05, 3.63) is 47.4 Å². The van der Waals surface area contributed by atoms with Crippen LogP contribution in [-0.4, -0.2) is 29.9 Å². The number of rotatable bonds is 6. The van der Waals surface area contributed by atoms with Crippen molar-refractivity contribution in [2.24, 2.45) is 0 Å². The van der Waals surface area contributed by atoms with Crippen LogP contribution < -0.4 is 10.1 Å². The molecule has 1 atom stereocenters. The summed E-state index contributed by atoms with van der Waals surface area (Å²) < 4.78 is 5.25. The molecule has 0 saturated carbocycles. The van der Waals surface area contributed by atoms with E-state index >= 15 is 0 Å². The summed E-state index contributed by atoms with van der Waals surface area (Å²) in [5.74, 6) is 1.33. The fraction of sp³-hybridized carbons (Fsp3) is 0.286. The Morgan fingerprint density at radius 1 is 1.30 bits per heavy atom. The lowest BCUT2D eigenvalue weighted by atomic mass is 10.2. The highest BCUT2D eigenvalue weighted by Crippen LogP contribution is 2.31. The Morgan fingerprint density at radius 3 is 2.75 bits per heavy atom. The molecule has 106 valence electrons. The molecule has 4 nitrogen and oxygen atoms in total. The first-order chi connectivity index (χ1) is 9.76. The fourth-order valence-electron chi connectivity index (χ4n) is 1.77. The van der Waals surface area contributed by atoms with E-state index in [1.807, 2.05) is 31.3 Å². The minimum absolute atomic E-state index is 0.0416. The highest BCUT2D eigenvalue weighted by Gasteiger charge is 2.17. The third-order valence-corrected chi connectivity index (χ3v) is 4.41. The van der Waals surface area contributed by atoms with Crippen molar-refractivity contribution in [1.29, 1.82) is 0 Å². The minimum atomic E-state index is 0.0416. The van der Waals surface area contributed by atoms with E-state index in [0.717, 1.165) is 21.4 Å². The molecular weight excluding hydrogens is 294 g/mol. The molecule has 0 spiro atoms. The lowest BCUT2D eigenvalue weighted by molar-refractivity contribution is 0.383. The van der Waals surface area contributed by atoms with Crippen molar-refractivity contribution in [2.45, 2.75) is 10.9 Å². The molecule has 20 heavy (non-hydrogen) atoms. The number of ether oxygens (including phenoxy) is 1. The van der Waals surface area contributed by atoms with E-state index in [4.69, 9.17) is 16.3 Å². The normalized spacial score (nSPS) is 12.2. The second-order valence-electron chi connectivity index (χ2n) is 4.03. The Kier molecular flexibility index (Phi) is 5.64. The van der Waals surface area contributed by atoms with Gasteiger partial charge in [0.15, 0.2) is 0 Å². The van der Waals surface area contributed by atoms with Crippen molar-refractivity contribution in [1.82, 2.24) is 15.3 Å². The number of methoxy groups -OCH3 is 1. The molecule has 2 rings (SSSR count). The Balaban J connectivity index is 2.11. The molecule has 0 fully saturated rings. The SMILES string of the molecule is CNC(CSc1ccccc1Cl)c1nccnc1OC. The zero-order valence-electron chi connectivity index (χ0n) is 11.3. The van der Waals surface area contributed by atoms with Gasteiger partial charge in [0.1, 0.15) is 5.69 Å². The summed E-state index contributed by atoms with van der Waals surface area (Å²) in [6, 6.07) is 7.84. The van der Waals surface area contributed by atoms with Gasteiger partial charge in [-0.3, -0.25) is 4.98 Å². The molecular formula is C14H16ClN3OS. The van der Waals surface area contributed by atoms with Gasteiger partial charge < -0.3 is 10.1 Å². The highest BCUT2D eigenvalue weighted by atomic mass is 35.5. The van der Waals surface area contributed by atoms with E-state index in [0.29, 0.717) is 5.88 Å². The summed E-state index contributed by atoms with van der Waals surface area (Å²) in [7, 11) is 3.49. The van der Waals surface area contributed by atoms with Gasteiger partial charge in [-0.05, 0) is 19.2 Å². The Bertz CT molecular complexity index is 568. The molecule has 0 bridgehead atoms. The summed E-state index contributed by atoms with van der Waals surface area (Å²) in [5.41, 5.74) is 0.803. The summed E-state index contributed by atoms with van der Waals surface area (Å²) in [6.07, 6.45) is 3.29. The standard InChI is InChI=1S/C14H16ClN3OS/c1-16-11(13-14(19-2)18-8-7-17-13)9-20-12-6-4-3-5-10(12)15/h3-8,11,16H,9H2,1-2H3. The number of hydrogen-bond acceptors (Lipinski definition) is 5. The number of aromatic nitrogens is 2. The maximum Gasteiger partial charge on any atom is 0.237 e.